The van der Waals surface area contributed by atoms with E-state index in [1.54, 1.807) is 18.2 Å². The molecule has 0 bridgehead atoms. The summed E-state index contributed by atoms with van der Waals surface area (Å²) in [4.78, 5) is 17.2. The first-order valence-corrected chi connectivity index (χ1v) is 11.7. The van der Waals surface area contributed by atoms with E-state index in [2.05, 4.69) is 19.4 Å². The van der Waals surface area contributed by atoms with E-state index in [0.29, 0.717) is 33.6 Å². The van der Waals surface area contributed by atoms with Crippen molar-refractivity contribution in [2.45, 2.75) is 12.3 Å². The molecule has 5 rings (SSSR count). The first-order chi connectivity index (χ1) is 16.9. The van der Waals surface area contributed by atoms with Crippen molar-refractivity contribution in [3.05, 3.63) is 95.4 Å². The number of ether oxygens (including phenoxy) is 1. The fourth-order valence-electron chi connectivity index (χ4n) is 3.67. The molecule has 1 N–H and O–H groups in total. The SMILES string of the molecule is C.COc1cc(-c2cccc(F)c2)ncc1-n1c(=O)ccc2cc(S(=O)(=O)Nc3ccon3)ccc21. The summed E-state index contributed by atoms with van der Waals surface area (Å²) in [7, 11) is -2.49. The van der Waals surface area contributed by atoms with Gasteiger partial charge in [-0.05, 0) is 36.4 Å². The number of hydrogen-bond donors (Lipinski definition) is 1. The van der Waals surface area contributed by atoms with Crippen molar-refractivity contribution in [1.29, 1.82) is 0 Å². The van der Waals surface area contributed by atoms with Crippen molar-refractivity contribution < 1.29 is 22.1 Å². The lowest BCUT2D eigenvalue weighted by atomic mass is 10.1. The Bertz CT molecular complexity index is 1720. The molecule has 0 saturated heterocycles. The second-order valence-corrected chi connectivity index (χ2v) is 9.15. The molecule has 0 unspecified atom stereocenters. The molecule has 0 saturated carbocycles. The van der Waals surface area contributed by atoms with E-state index in [1.807, 2.05) is 0 Å². The molecule has 0 radical (unpaired) electrons. The van der Waals surface area contributed by atoms with Crippen LogP contribution < -0.4 is 15.0 Å². The Hall–Kier alpha value is -4.51. The molecule has 3 heterocycles. The lowest BCUT2D eigenvalue weighted by molar-refractivity contribution is 0.412. The van der Waals surface area contributed by atoms with Gasteiger partial charge in [-0.2, -0.15) is 0 Å². The van der Waals surface area contributed by atoms with Gasteiger partial charge in [0.05, 0.1) is 29.4 Å². The minimum absolute atomic E-state index is 0. The van der Waals surface area contributed by atoms with Gasteiger partial charge in [-0.1, -0.05) is 24.7 Å². The number of benzene rings is 2. The van der Waals surface area contributed by atoms with Crippen LogP contribution in [0.2, 0.25) is 0 Å². The van der Waals surface area contributed by atoms with Crippen LogP contribution in [0.4, 0.5) is 10.2 Å². The van der Waals surface area contributed by atoms with E-state index >= 15 is 0 Å². The lowest BCUT2D eigenvalue weighted by Crippen LogP contribution is -2.19. The molecule has 11 heteroatoms. The van der Waals surface area contributed by atoms with Gasteiger partial charge in [0, 0.05) is 29.1 Å². The first kappa shape index (κ1) is 24.6. The topological polar surface area (TPSA) is 116 Å². The number of sulfonamides is 1. The fourth-order valence-corrected chi connectivity index (χ4v) is 4.70. The molecule has 0 aliphatic rings. The molecule has 0 atom stereocenters. The molecular formula is C25H21FN4O5S. The van der Waals surface area contributed by atoms with Crippen LogP contribution in [-0.4, -0.2) is 30.2 Å². The van der Waals surface area contributed by atoms with Gasteiger partial charge in [0.15, 0.2) is 5.82 Å². The average molecular weight is 509 g/mol. The van der Waals surface area contributed by atoms with Gasteiger partial charge in [-0.15, -0.1) is 0 Å². The number of methoxy groups -OCH3 is 1. The van der Waals surface area contributed by atoms with Crippen LogP contribution in [0, 0.1) is 5.82 Å². The Morgan fingerprint density at radius 1 is 1.06 bits per heavy atom. The molecule has 36 heavy (non-hydrogen) atoms. The summed E-state index contributed by atoms with van der Waals surface area (Å²) in [6.45, 7) is 0. The Morgan fingerprint density at radius 2 is 1.89 bits per heavy atom. The van der Waals surface area contributed by atoms with Gasteiger partial charge in [-0.25, -0.2) is 12.8 Å². The highest BCUT2D eigenvalue weighted by atomic mass is 32.2. The van der Waals surface area contributed by atoms with E-state index in [1.165, 1.54) is 72.7 Å². The smallest absolute Gasteiger partial charge is 0.263 e. The number of aromatic nitrogens is 3. The maximum Gasteiger partial charge on any atom is 0.263 e. The van der Waals surface area contributed by atoms with Crippen molar-refractivity contribution >= 4 is 26.7 Å². The molecule has 5 aromatic rings. The van der Waals surface area contributed by atoms with Crippen molar-refractivity contribution in [3.8, 4) is 22.7 Å². The average Bonchev–Trinajstić information content (AvgIpc) is 3.36. The highest BCUT2D eigenvalue weighted by Gasteiger charge is 2.18. The zero-order chi connectivity index (χ0) is 24.6. The summed E-state index contributed by atoms with van der Waals surface area (Å²) >= 11 is 0. The minimum Gasteiger partial charge on any atom is -0.494 e. The van der Waals surface area contributed by atoms with E-state index in [4.69, 9.17) is 4.74 Å². The van der Waals surface area contributed by atoms with Crippen LogP contribution in [0.15, 0.2) is 93.4 Å². The van der Waals surface area contributed by atoms with Crippen molar-refractivity contribution in [2.75, 3.05) is 11.8 Å². The summed E-state index contributed by atoms with van der Waals surface area (Å²) in [6, 6.07) is 16.1. The lowest BCUT2D eigenvalue weighted by Gasteiger charge is -2.15. The molecule has 0 aliphatic carbocycles. The Labute approximate surface area is 205 Å². The zero-order valence-electron chi connectivity index (χ0n) is 18.2. The molecule has 0 spiro atoms. The number of nitrogens with one attached hydrogen (secondary N) is 1. The summed E-state index contributed by atoms with van der Waals surface area (Å²) in [6.07, 6.45) is 2.70. The van der Waals surface area contributed by atoms with Gasteiger partial charge in [0.25, 0.3) is 15.6 Å². The molecule has 0 amide bonds. The van der Waals surface area contributed by atoms with Crippen molar-refractivity contribution in [3.63, 3.8) is 0 Å². The molecule has 9 nitrogen and oxygen atoms in total. The maximum atomic E-state index is 13.7. The van der Waals surface area contributed by atoms with Crippen LogP contribution in [-0.2, 0) is 10.0 Å². The molecule has 0 aliphatic heterocycles. The Morgan fingerprint density at radius 3 is 2.61 bits per heavy atom. The minimum atomic E-state index is -3.94. The highest BCUT2D eigenvalue weighted by Crippen LogP contribution is 2.30. The van der Waals surface area contributed by atoms with Gasteiger partial charge in [-0.3, -0.25) is 19.1 Å². The standard InChI is InChI=1S/C24H17FN4O5S.CH4/c1-33-22-13-19(15-3-2-4-17(25)11-15)26-14-21(22)29-20-7-6-18(12-16(20)5-8-24(29)30)35(31,32)28-23-9-10-34-27-23;/h2-14H,1H3,(H,27,28);1H4. The predicted molar refractivity (Wildman–Crippen MR) is 133 cm³/mol. The number of anilines is 1. The van der Waals surface area contributed by atoms with Gasteiger partial charge in [0.2, 0.25) is 0 Å². The number of rotatable bonds is 6. The zero-order valence-corrected chi connectivity index (χ0v) is 19.0. The summed E-state index contributed by atoms with van der Waals surface area (Å²) in [5.41, 5.74) is 1.43. The number of pyridine rings is 2. The number of halogens is 1. The maximum absolute atomic E-state index is 13.7. The quantitative estimate of drug-likeness (QED) is 0.356. The van der Waals surface area contributed by atoms with Crippen LogP contribution >= 0.6 is 0 Å². The normalized spacial score (nSPS) is 11.2. The summed E-state index contributed by atoms with van der Waals surface area (Å²) in [5.74, 6) is -0.0241. The van der Waals surface area contributed by atoms with Gasteiger partial charge < -0.3 is 9.26 Å². The third-order valence-corrected chi connectivity index (χ3v) is 6.63. The molecule has 0 fully saturated rings. The number of hydrogen-bond acceptors (Lipinski definition) is 7. The van der Waals surface area contributed by atoms with E-state index in [0.717, 1.165) is 0 Å². The van der Waals surface area contributed by atoms with Crippen molar-refractivity contribution in [1.82, 2.24) is 14.7 Å². The fraction of sp³-hybridized carbons (Fsp3) is 0.0800. The van der Waals surface area contributed by atoms with Gasteiger partial charge in [0.1, 0.15) is 23.5 Å². The Kier molecular flexibility index (Phi) is 6.58. The summed E-state index contributed by atoms with van der Waals surface area (Å²) in [5, 5.41) is 4.04. The highest BCUT2D eigenvalue weighted by molar-refractivity contribution is 7.92. The first-order valence-electron chi connectivity index (χ1n) is 10.2. The van der Waals surface area contributed by atoms with Gasteiger partial charge >= 0.3 is 0 Å². The predicted octanol–water partition coefficient (Wildman–Crippen LogP) is 4.63. The van der Waals surface area contributed by atoms with Crippen LogP contribution in [0.1, 0.15) is 7.43 Å². The largest absolute Gasteiger partial charge is 0.494 e. The third kappa shape index (κ3) is 4.56. The second-order valence-electron chi connectivity index (χ2n) is 7.47. The summed E-state index contributed by atoms with van der Waals surface area (Å²) < 4.78 is 53.0. The second kappa shape index (κ2) is 9.62. The van der Waals surface area contributed by atoms with E-state index in [9.17, 15) is 17.6 Å². The molecule has 184 valence electrons. The monoisotopic (exact) mass is 508 g/mol. The molecule has 3 aromatic heterocycles. The molecular weight excluding hydrogens is 487 g/mol. The van der Waals surface area contributed by atoms with Crippen LogP contribution in [0.25, 0.3) is 27.8 Å². The third-order valence-electron chi connectivity index (χ3n) is 5.28. The number of nitrogens with zero attached hydrogens (tertiary/aromatic N) is 3. The Balaban J connectivity index is 0.00000304. The molecule has 2 aromatic carbocycles. The van der Waals surface area contributed by atoms with Crippen LogP contribution in [0.3, 0.4) is 0 Å². The van der Waals surface area contributed by atoms with E-state index < -0.39 is 15.8 Å². The van der Waals surface area contributed by atoms with E-state index in [-0.39, 0.29) is 23.7 Å². The number of fused-ring (bicyclic) bond motifs is 1. The van der Waals surface area contributed by atoms with Crippen molar-refractivity contribution in [2.24, 2.45) is 0 Å². The van der Waals surface area contributed by atoms with Crippen LogP contribution in [0.5, 0.6) is 5.75 Å².